The fraction of sp³-hybridized carbons (Fsp3) is 0.952. The van der Waals surface area contributed by atoms with Gasteiger partial charge in [-0.15, -0.1) is 0 Å². The Balaban J connectivity index is 1.06. The molecule has 56 heavy (non-hydrogen) atoms. The molecule has 3 saturated heterocycles. The van der Waals surface area contributed by atoms with Gasteiger partial charge in [0, 0.05) is 22.2 Å². The second-order valence-electron chi connectivity index (χ2n) is 21.0. The first-order valence-corrected chi connectivity index (χ1v) is 21.1. The van der Waals surface area contributed by atoms with Crippen molar-refractivity contribution in [1.29, 1.82) is 0 Å². The lowest BCUT2D eigenvalue weighted by atomic mass is 9.32. The van der Waals surface area contributed by atoms with E-state index in [1.165, 1.54) is 0 Å². The molecular weight excluding hydrogens is 728 g/mol. The van der Waals surface area contributed by atoms with Gasteiger partial charge in [-0.25, -0.2) is 0 Å². The van der Waals surface area contributed by atoms with Gasteiger partial charge in [0.1, 0.15) is 48.8 Å². The molecule has 21 atom stereocenters. The summed E-state index contributed by atoms with van der Waals surface area (Å²) in [5.41, 5.74) is -2.11. The number of aliphatic hydroxyl groups excluding tert-OH is 9. The predicted octanol–water partition coefficient (Wildman–Crippen LogP) is 0.749. The van der Waals surface area contributed by atoms with Crippen molar-refractivity contribution in [2.24, 2.45) is 50.2 Å². The maximum Gasteiger partial charge on any atom is 0.187 e. The number of ether oxygens (including phenoxy) is 5. The lowest BCUT2D eigenvalue weighted by Gasteiger charge is -2.73. The van der Waals surface area contributed by atoms with Crippen molar-refractivity contribution >= 4 is 0 Å². The van der Waals surface area contributed by atoms with Crippen LogP contribution in [0, 0.1) is 50.2 Å². The first kappa shape index (κ1) is 41.9. The first-order valence-electron chi connectivity index (χ1n) is 21.1. The van der Waals surface area contributed by atoms with E-state index in [1.54, 1.807) is 0 Å². The predicted molar refractivity (Wildman–Crippen MR) is 198 cm³/mol. The average molecular weight is 797 g/mol. The van der Waals surface area contributed by atoms with Crippen LogP contribution in [-0.4, -0.2) is 152 Å². The second-order valence-corrected chi connectivity index (χ2v) is 21.0. The third-order valence-electron chi connectivity index (χ3n) is 18.0. The Morgan fingerprint density at radius 3 is 2.00 bits per heavy atom. The highest BCUT2D eigenvalue weighted by molar-refractivity contribution is 5.36. The van der Waals surface area contributed by atoms with Gasteiger partial charge in [0.15, 0.2) is 12.6 Å². The Morgan fingerprint density at radius 1 is 0.679 bits per heavy atom. The van der Waals surface area contributed by atoms with Crippen molar-refractivity contribution in [2.45, 2.75) is 172 Å². The topological polar surface area (TPSA) is 228 Å². The molecule has 0 aromatic heterocycles. The van der Waals surface area contributed by atoms with Crippen LogP contribution >= 0.6 is 0 Å². The number of fused-ring (bicyclic) bond motifs is 4. The van der Waals surface area contributed by atoms with Crippen molar-refractivity contribution in [3.63, 3.8) is 0 Å². The summed E-state index contributed by atoms with van der Waals surface area (Å²) >= 11 is 0. The Bertz CT molecular complexity index is 1510. The van der Waals surface area contributed by atoms with Gasteiger partial charge in [-0.3, -0.25) is 0 Å². The number of allylic oxidation sites excluding steroid dienone is 1. The molecule has 14 nitrogen and oxygen atoms in total. The van der Waals surface area contributed by atoms with Crippen molar-refractivity contribution in [1.82, 2.24) is 0 Å². The van der Waals surface area contributed by atoms with Gasteiger partial charge >= 0.3 is 0 Å². The number of hydrogen-bond donors (Lipinski definition) is 9. The van der Waals surface area contributed by atoms with Crippen molar-refractivity contribution in [3.05, 3.63) is 12.2 Å². The number of hydrogen-bond acceptors (Lipinski definition) is 14. The van der Waals surface area contributed by atoms with Crippen LogP contribution in [0.1, 0.15) is 92.9 Å². The van der Waals surface area contributed by atoms with E-state index in [9.17, 15) is 46.0 Å². The summed E-state index contributed by atoms with van der Waals surface area (Å²) in [5.74, 6) is 0.347. The average Bonchev–Trinajstić information content (AvgIpc) is 3.43. The fourth-order valence-electron chi connectivity index (χ4n) is 14.4. The van der Waals surface area contributed by atoms with E-state index in [1.807, 2.05) is 6.92 Å². The van der Waals surface area contributed by atoms with Gasteiger partial charge in [0.05, 0.1) is 44.2 Å². The minimum Gasteiger partial charge on any atom is -0.396 e. The molecule has 0 aromatic carbocycles. The zero-order valence-corrected chi connectivity index (χ0v) is 33.9. The molecule has 9 N–H and O–H groups in total. The molecule has 0 aromatic rings. The maximum absolute atomic E-state index is 12.1. The molecule has 8 rings (SSSR count). The quantitative estimate of drug-likeness (QED) is 0.128. The fourth-order valence-corrected chi connectivity index (χ4v) is 14.4. The van der Waals surface area contributed by atoms with Crippen LogP contribution in [0.5, 0.6) is 0 Å². The summed E-state index contributed by atoms with van der Waals surface area (Å²) in [7, 11) is 0. The third kappa shape index (κ3) is 5.51. The second kappa shape index (κ2) is 13.9. The molecule has 4 saturated carbocycles. The SMILES string of the molecule is CC1(C)CC[C@]23CO[C@@]4(C=C[C@@H]5[C@@]6(C)CC[C@H](O[C@@H]7O[C@H](CO)[C@@H](O)[C@H](O[C@@H]8O[C@H](CO)[C@@H](O)[C@H](O)[C@H]8O)[C@H]7O)[C@@](C)(CO)[C@@H]6CC[C@@]5(C)[C@]4(C)C[C@@H]2O)[C@@H]3C1. The largest absolute Gasteiger partial charge is 0.396 e. The highest BCUT2D eigenvalue weighted by Crippen LogP contribution is 2.79. The van der Waals surface area contributed by atoms with Gasteiger partial charge in [0.2, 0.25) is 0 Å². The molecule has 320 valence electrons. The molecule has 0 radical (unpaired) electrons. The molecule has 3 heterocycles. The molecule has 7 fully saturated rings. The van der Waals surface area contributed by atoms with Gasteiger partial charge in [-0.05, 0) is 79.4 Å². The zero-order valence-electron chi connectivity index (χ0n) is 33.9. The van der Waals surface area contributed by atoms with Crippen molar-refractivity contribution in [2.75, 3.05) is 26.4 Å². The van der Waals surface area contributed by atoms with E-state index in [4.69, 9.17) is 23.7 Å². The molecule has 1 spiro atoms. The van der Waals surface area contributed by atoms with Gasteiger partial charge in [0.25, 0.3) is 0 Å². The van der Waals surface area contributed by atoms with Crippen LogP contribution in [0.2, 0.25) is 0 Å². The van der Waals surface area contributed by atoms with Gasteiger partial charge in [-0.1, -0.05) is 53.7 Å². The molecule has 0 unspecified atom stereocenters. The van der Waals surface area contributed by atoms with Crippen LogP contribution in [0.3, 0.4) is 0 Å². The maximum atomic E-state index is 12.1. The Hall–Kier alpha value is -0.820. The third-order valence-corrected chi connectivity index (χ3v) is 18.0. The van der Waals surface area contributed by atoms with Crippen LogP contribution in [-0.2, 0) is 23.7 Å². The summed E-state index contributed by atoms with van der Waals surface area (Å²) in [5, 5.41) is 97.2. The standard InChI is InChI=1S/C42H68O14/c1-36(2)13-14-41-20-52-42(25(41)15-36)12-8-24-37(3)10-9-27(38(4,19-45)23(37)7-11-39(24,5)40(42,6)16-26(41)46)55-35-32(51)33(29(48)22(18-44)54-35)56-34-31(50)30(49)28(47)21(17-43)53-34/h8,12,21-35,43-51H,7,9-11,13-20H2,1-6H3/t21-,22-,23-,24-,25-,26+,27+,28-,29-,30+,31-,32-,33+,34+,35+,37+,38+,39-,40+,41-,42+/m1/s1. The summed E-state index contributed by atoms with van der Waals surface area (Å²) in [6.07, 6.45) is -5.10. The number of aliphatic hydroxyl groups is 9. The van der Waals surface area contributed by atoms with Crippen molar-refractivity contribution in [3.8, 4) is 0 Å². The Morgan fingerprint density at radius 2 is 1.34 bits per heavy atom. The van der Waals surface area contributed by atoms with E-state index in [2.05, 4.69) is 46.8 Å². The normalized spacial score (nSPS) is 58.8. The van der Waals surface area contributed by atoms with Crippen LogP contribution in [0.15, 0.2) is 12.2 Å². The van der Waals surface area contributed by atoms with E-state index in [0.717, 1.165) is 38.5 Å². The minimum atomic E-state index is -1.78. The lowest BCUT2D eigenvalue weighted by Crippen LogP contribution is -2.72. The summed E-state index contributed by atoms with van der Waals surface area (Å²) in [4.78, 5) is 0. The Kier molecular flexibility index (Phi) is 10.4. The molecular formula is C42H68O14. The van der Waals surface area contributed by atoms with Crippen LogP contribution in [0.25, 0.3) is 0 Å². The molecule has 0 amide bonds. The van der Waals surface area contributed by atoms with Crippen molar-refractivity contribution < 1.29 is 69.6 Å². The van der Waals surface area contributed by atoms with Gasteiger partial charge < -0.3 is 69.6 Å². The summed E-state index contributed by atoms with van der Waals surface area (Å²) in [6.45, 7) is 12.9. The van der Waals surface area contributed by atoms with Crippen LogP contribution < -0.4 is 0 Å². The summed E-state index contributed by atoms with van der Waals surface area (Å²) in [6, 6.07) is 0. The van der Waals surface area contributed by atoms with Crippen LogP contribution in [0.4, 0.5) is 0 Å². The molecule has 8 aliphatic rings. The molecule has 5 aliphatic carbocycles. The van der Waals surface area contributed by atoms with E-state index in [-0.39, 0.29) is 51.4 Å². The number of rotatable bonds is 7. The monoisotopic (exact) mass is 796 g/mol. The minimum absolute atomic E-state index is 0.00837. The zero-order chi connectivity index (χ0) is 40.6. The van der Waals surface area contributed by atoms with E-state index < -0.39 is 97.8 Å². The first-order chi connectivity index (χ1) is 26.2. The smallest absolute Gasteiger partial charge is 0.187 e. The van der Waals surface area contributed by atoms with Gasteiger partial charge in [-0.2, -0.15) is 0 Å². The van der Waals surface area contributed by atoms with E-state index >= 15 is 0 Å². The molecule has 3 aliphatic heterocycles. The molecule has 2 bridgehead atoms. The summed E-state index contributed by atoms with van der Waals surface area (Å²) < 4.78 is 31.0. The molecule has 14 heteroatoms. The highest BCUT2D eigenvalue weighted by Gasteiger charge is 2.79. The lowest BCUT2D eigenvalue weighted by molar-refractivity contribution is -0.370. The highest BCUT2D eigenvalue weighted by atomic mass is 16.7. The van der Waals surface area contributed by atoms with E-state index in [0.29, 0.717) is 19.4 Å². The Labute approximate surface area is 330 Å².